The van der Waals surface area contributed by atoms with Gasteiger partial charge in [-0.2, -0.15) is 5.26 Å². The largest absolute Gasteiger partial charge is 0.495 e. The molecule has 0 bridgehead atoms. The zero-order chi connectivity index (χ0) is 19.4. The maximum atomic E-state index is 14.1. The van der Waals surface area contributed by atoms with Gasteiger partial charge in [-0.25, -0.2) is 14.4 Å². The molecule has 136 valence electrons. The van der Waals surface area contributed by atoms with Crippen LogP contribution in [-0.2, 0) is 5.54 Å². The van der Waals surface area contributed by atoms with Crippen LogP contribution in [0.2, 0.25) is 0 Å². The Hall–Kier alpha value is -3.53. The molecule has 1 aromatic carbocycles. The lowest BCUT2D eigenvalue weighted by molar-refractivity contribution is 0.393. The molecule has 3 aromatic rings. The topological polar surface area (TPSA) is 83.7 Å². The number of anilines is 1. The van der Waals surface area contributed by atoms with E-state index in [1.165, 1.54) is 30.6 Å². The van der Waals surface area contributed by atoms with Crippen molar-refractivity contribution >= 4 is 5.95 Å². The monoisotopic (exact) mass is 363 g/mol. The number of nitrogens with one attached hydrogen (secondary N) is 1. The highest BCUT2D eigenvalue weighted by Gasteiger charge is 2.26. The Bertz CT molecular complexity index is 996. The van der Waals surface area contributed by atoms with Gasteiger partial charge in [0, 0.05) is 29.7 Å². The number of aromatic nitrogens is 3. The minimum Gasteiger partial charge on any atom is -0.495 e. The number of benzene rings is 1. The fraction of sp³-hybridized carbons (Fsp3) is 0.200. The molecule has 0 aliphatic carbocycles. The summed E-state index contributed by atoms with van der Waals surface area (Å²) in [5.74, 6) is 0.590. The van der Waals surface area contributed by atoms with Crippen LogP contribution in [-0.4, -0.2) is 22.1 Å². The van der Waals surface area contributed by atoms with E-state index >= 15 is 0 Å². The molecule has 0 aliphatic heterocycles. The molecule has 0 unspecified atom stereocenters. The normalized spacial score (nSPS) is 10.9. The first-order valence-corrected chi connectivity index (χ1v) is 8.24. The van der Waals surface area contributed by atoms with Crippen LogP contribution in [0.1, 0.15) is 25.1 Å². The Morgan fingerprint density at radius 2 is 1.89 bits per heavy atom. The van der Waals surface area contributed by atoms with Crippen molar-refractivity contribution in [1.82, 2.24) is 15.0 Å². The van der Waals surface area contributed by atoms with Crippen molar-refractivity contribution in [3.05, 3.63) is 66.0 Å². The summed E-state index contributed by atoms with van der Waals surface area (Å²) in [6.45, 7) is 3.87. The van der Waals surface area contributed by atoms with Crippen molar-refractivity contribution in [1.29, 1.82) is 5.26 Å². The van der Waals surface area contributed by atoms with Gasteiger partial charge in [0.15, 0.2) is 0 Å². The fourth-order valence-corrected chi connectivity index (χ4v) is 2.71. The Balaban J connectivity index is 1.87. The second-order valence-electron chi connectivity index (χ2n) is 6.41. The van der Waals surface area contributed by atoms with E-state index in [-0.39, 0.29) is 5.56 Å². The first kappa shape index (κ1) is 18.3. The van der Waals surface area contributed by atoms with Crippen molar-refractivity contribution in [2.45, 2.75) is 19.4 Å². The Morgan fingerprint density at radius 3 is 2.56 bits per heavy atom. The number of hydrogen-bond acceptors (Lipinski definition) is 6. The molecular weight excluding hydrogens is 345 g/mol. The summed E-state index contributed by atoms with van der Waals surface area (Å²) in [5, 5.41) is 12.2. The highest BCUT2D eigenvalue weighted by atomic mass is 19.1. The maximum Gasteiger partial charge on any atom is 0.223 e. The average Bonchev–Trinajstić information content (AvgIpc) is 2.69. The lowest BCUT2D eigenvalue weighted by Gasteiger charge is -2.27. The molecule has 0 saturated heterocycles. The minimum atomic E-state index is -0.597. The van der Waals surface area contributed by atoms with Gasteiger partial charge in [-0.1, -0.05) is 0 Å². The van der Waals surface area contributed by atoms with Crippen molar-refractivity contribution < 1.29 is 9.13 Å². The molecule has 0 fully saturated rings. The Labute approximate surface area is 156 Å². The van der Waals surface area contributed by atoms with Gasteiger partial charge >= 0.3 is 0 Å². The fourth-order valence-electron chi connectivity index (χ4n) is 2.71. The maximum absolute atomic E-state index is 14.1. The lowest BCUT2D eigenvalue weighted by atomic mass is 9.99. The molecule has 2 heterocycles. The molecule has 6 nitrogen and oxygen atoms in total. The highest BCUT2D eigenvalue weighted by Crippen LogP contribution is 2.30. The second-order valence-corrected chi connectivity index (χ2v) is 6.41. The van der Waals surface area contributed by atoms with Crippen LogP contribution in [0.25, 0.3) is 11.1 Å². The number of ether oxygens (including phenoxy) is 1. The third kappa shape index (κ3) is 3.85. The van der Waals surface area contributed by atoms with Crippen molar-refractivity contribution in [3.8, 4) is 22.9 Å². The van der Waals surface area contributed by atoms with Gasteiger partial charge in [-0.15, -0.1) is 0 Å². The van der Waals surface area contributed by atoms with Gasteiger partial charge in [0.2, 0.25) is 5.95 Å². The Kier molecular flexibility index (Phi) is 4.99. The van der Waals surface area contributed by atoms with Gasteiger partial charge in [-0.05, 0) is 44.2 Å². The predicted molar refractivity (Wildman–Crippen MR) is 99.6 cm³/mol. The summed E-state index contributed by atoms with van der Waals surface area (Å²) in [6, 6.07) is 9.80. The first-order chi connectivity index (χ1) is 12.9. The van der Waals surface area contributed by atoms with Crippen LogP contribution in [0, 0.1) is 17.1 Å². The molecule has 0 aliphatic rings. The number of methoxy groups -OCH3 is 1. The molecule has 0 spiro atoms. The van der Waals surface area contributed by atoms with Crippen molar-refractivity contribution in [3.63, 3.8) is 0 Å². The van der Waals surface area contributed by atoms with Gasteiger partial charge in [0.05, 0.1) is 24.3 Å². The lowest BCUT2D eigenvalue weighted by Crippen LogP contribution is -2.30. The van der Waals surface area contributed by atoms with Crippen molar-refractivity contribution in [2.75, 3.05) is 12.4 Å². The molecule has 2 aromatic heterocycles. The average molecular weight is 363 g/mol. The van der Waals surface area contributed by atoms with E-state index in [0.717, 1.165) is 0 Å². The summed E-state index contributed by atoms with van der Waals surface area (Å²) in [5.41, 5.74) is 1.26. The van der Waals surface area contributed by atoms with E-state index in [2.05, 4.69) is 20.3 Å². The summed E-state index contributed by atoms with van der Waals surface area (Å²) >= 11 is 0. The van der Waals surface area contributed by atoms with Crippen LogP contribution in [0.15, 0.2) is 48.9 Å². The highest BCUT2D eigenvalue weighted by molar-refractivity contribution is 5.64. The van der Waals surface area contributed by atoms with Crippen molar-refractivity contribution in [2.24, 2.45) is 0 Å². The summed E-state index contributed by atoms with van der Waals surface area (Å²) in [6.07, 6.45) is 4.72. The molecule has 0 saturated carbocycles. The standard InChI is InChI=1S/C20H18FN5O/c1-20(2,18-17(27-3)5-4-8-23-18)26-19-24-11-14(12-25-19)15-9-13(10-22)6-7-16(15)21/h4-9,11-12H,1-3H3,(H,24,25,26). The smallest absolute Gasteiger partial charge is 0.223 e. The summed E-state index contributed by atoms with van der Waals surface area (Å²) in [7, 11) is 1.59. The van der Waals surface area contributed by atoms with E-state index < -0.39 is 11.4 Å². The van der Waals surface area contributed by atoms with Crippen LogP contribution in [0.5, 0.6) is 5.75 Å². The predicted octanol–water partition coefficient (Wildman–Crippen LogP) is 3.91. The van der Waals surface area contributed by atoms with Gasteiger partial charge in [-0.3, -0.25) is 4.98 Å². The van der Waals surface area contributed by atoms with E-state index in [1.807, 2.05) is 26.0 Å². The summed E-state index contributed by atoms with van der Waals surface area (Å²) < 4.78 is 19.4. The molecule has 3 rings (SSSR count). The van der Waals surface area contributed by atoms with Crippen LogP contribution in [0.4, 0.5) is 10.3 Å². The number of pyridine rings is 1. The summed E-state index contributed by atoms with van der Waals surface area (Å²) in [4.78, 5) is 12.9. The quantitative estimate of drug-likeness (QED) is 0.740. The third-order valence-corrected chi connectivity index (χ3v) is 4.07. The number of nitriles is 1. The van der Waals surface area contributed by atoms with E-state index in [9.17, 15) is 4.39 Å². The van der Waals surface area contributed by atoms with Gasteiger partial charge in [0.25, 0.3) is 0 Å². The van der Waals surface area contributed by atoms with Gasteiger partial charge in [0.1, 0.15) is 17.3 Å². The molecular formula is C20H18FN5O. The van der Waals surface area contributed by atoms with Crippen LogP contribution >= 0.6 is 0 Å². The van der Waals surface area contributed by atoms with E-state index in [0.29, 0.717) is 28.5 Å². The van der Waals surface area contributed by atoms with E-state index in [1.54, 1.807) is 19.4 Å². The van der Waals surface area contributed by atoms with Gasteiger partial charge < -0.3 is 10.1 Å². The minimum absolute atomic E-state index is 0.284. The third-order valence-electron chi connectivity index (χ3n) is 4.07. The Morgan fingerprint density at radius 1 is 1.15 bits per heavy atom. The van der Waals surface area contributed by atoms with E-state index in [4.69, 9.17) is 10.00 Å². The molecule has 7 heteroatoms. The molecule has 0 radical (unpaired) electrons. The van der Waals surface area contributed by atoms with Crippen LogP contribution < -0.4 is 10.1 Å². The second kappa shape index (κ2) is 7.38. The zero-order valence-corrected chi connectivity index (χ0v) is 15.2. The van der Waals surface area contributed by atoms with Crippen LogP contribution in [0.3, 0.4) is 0 Å². The molecule has 0 atom stereocenters. The SMILES string of the molecule is COc1cccnc1C(C)(C)Nc1ncc(-c2cc(C#N)ccc2F)cn1. The zero-order valence-electron chi connectivity index (χ0n) is 15.2. The molecule has 1 N–H and O–H groups in total. The number of rotatable bonds is 5. The first-order valence-electron chi connectivity index (χ1n) is 8.24. The molecule has 27 heavy (non-hydrogen) atoms. The number of halogens is 1. The number of nitrogens with zero attached hydrogens (tertiary/aromatic N) is 4. The number of hydrogen-bond donors (Lipinski definition) is 1. The molecule has 0 amide bonds.